The fourth-order valence-corrected chi connectivity index (χ4v) is 2.81. The number of nitrogens with one attached hydrogen (secondary N) is 3. The van der Waals surface area contributed by atoms with Crippen LogP contribution in [0.25, 0.3) is 0 Å². The smallest absolute Gasteiger partial charge is 0.269 e. The van der Waals surface area contributed by atoms with E-state index in [4.69, 9.17) is 4.74 Å². The topological polar surface area (TPSA) is 96.5 Å². The molecule has 0 aliphatic rings. The lowest BCUT2D eigenvalue weighted by atomic mass is 10.2. The first-order chi connectivity index (χ1) is 15.0. The molecule has 0 radical (unpaired) electrons. The third kappa shape index (κ3) is 8.50. The molecule has 7 nitrogen and oxygen atoms in total. The molecule has 166 valence electrons. The summed E-state index contributed by atoms with van der Waals surface area (Å²) in [5, 5.41) is 2.71. The lowest BCUT2D eigenvalue weighted by molar-refractivity contribution is -0.115. The summed E-state index contributed by atoms with van der Waals surface area (Å²) in [6.45, 7) is 4.61. The number of benzene rings is 2. The zero-order valence-electron chi connectivity index (χ0n) is 18.2. The first kappa shape index (κ1) is 23.9. The number of amides is 3. The Hall–Kier alpha value is -3.35. The number of rotatable bonds is 11. The highest BCUT2D eigenvalue weighted by Crippen LogP contribution is 2.13. The Morgan fingerprint density at radius 2 is 1.29 bits per heavy atom. The van der Waals surface area contributed by atoms with E-state index in [0.29, 0.717) is 35.6 Å². The lowest BCUT2D eigenvalue weighted by Gasteiger charge is -2.10. The van der Waals surface area contributed by atoms with Gasteiger partial charge in [-0.3, -0.25) is 25.2 Å². The van der Waals surface area contributed by atoms with Crippen molar-refractivity contribution in [3.63, 3.8) is 0 Å². The van der Waals surface area contributed by atoms with E-state index >= 15 is 0 Å². The van der Waals surface area contributed by atoms with Crippen LogP contribution in [0, 0.1) is 0 Å². The summed E-state index contributed by atoms with van der Waals surface area (Å²) in [5.74, 6) is -0.268. The van der Waals surface area contributed by atoms with Crippen LogP contribution in [0.15, 0.2) is 48.5 Å². The molecule has 3 amide bonds. The van der Waals surface area contributed by atoms with Gasteiger partial charge in [-0.05, 0) is 55.0 Å². The van der Waals surface area contributed by atoms with Crippen LogP contribution in [-0.4, -0.2) is 24.3 Å². The van der Waals surface area contributed by atoms with Gasteiger partial charge in [0.25, 0.3) is 11.8 Å². The summed E-state index contributed by atoms with van der Waals surface area (Å²) in [6, 6.07) is 13.2. The second-order valence-electron chi connectivity index (χ2n) is 7.17. The van der Waals surface area contributed by atoms with E-state index in [1.807, 2.05) is 0 Å². The Bertz CT molecular complexity index is 848. The molecule has 0 spiro atoms. The molecule has 0 saturated heterocycles. The van der Waals surface area contributed by atoms with Crippen LogP contribution in [-0.2, 0) is 4.79 Å². The highest BCUT2D eigenvalue weighted by atomic mass is 16.5. The molecule has 3 N–H and O–H groups in total. The highest BCUT2D eigenvalue weighted by molar-refractivity contribution is 5.99. The first-order valence-corrected chi connectivity index (χ1v) is 10.8. The lowest BCUT2D eigenvalue weighted by Crippen LogP contribution is -2.41. The zero-order valence-corrected chi connectivity index (χ0v) is 18.2. The molecule has 0 aliphatic carbocycles. The summed E-state index contributed by atoms with van der Waals surface area (Å²) in [7, 11) is 0. The Kier molecular flexibility index (Phi) is 10.1. The maximum Gasteiger partial charge on any atom is 0.269 e. The summed E-state index contributed by atoms with van der Waals surface area (Å²) in [4.78, 5) is 35.8. The van der Waals surface area contributed by atoms with E-state index in [0.717, 1.165) is 12.8 Å². The number of anilines is 1. The van der Waals surface area contributed by atoms with Gasteiger partial charge in [0.15, 0.2) is 0 Å². The molecular formula is C24H31N3O4. The number of carbonyl (C=O) groups excluding carboxylic acids is 3. The Morgan fingerprint density at radius 3 is 1.84 bits per heavy atom. The molecule has 0 aromatic heterocycles. The fourth-order valence-electron chi connectivity index (χ4n) is 2.81. The van der Waals surface area contributed by atoms with Gasteiger partial charge in [0.05, 0.1) is 6.61 Å². The van der Waals surface area contributed by atoms with Crippen LogP contribution in [0.1, 0.15) is 73.1 Å². The molecule has 2 aromatic rings. The normalized spacial score (nSPS) is 10.3. The second-order valence-corrected chi connectivity index (χ2v) is 7.17. The van der Waals surface area contributed by atoms with Crippen molar-refractivity contribution in [3.8, 4) is 5.75 Å². The van der Waals surface area contributed by atoms with E-state index in [1.165, 1.54) is 19.3 Å². The van der Waals surface area contributed by atoms with Gasteiger partial charge < -0.3 is 10.1 Å². The van der Waals surface area contributed by atoms with Gasteiger partial charge in [-0.15, -0.1) is 0 Å². The van der Waals surface area contributed by atoms with Crippen molar-refractivity contribution in [1.29, 1.82) is 0 Å². The van der Waals surface area contributed by atoms with Gasteiger partial charge >= 0.3 is 0 Å². The minimum atomic E-state index is -0.454. The summed E-state index contributed by atoms with van der Waals surface area (Å²) < 4.78 is 5.69. The molecule has 0 unspecified atom stereocenters. The Labute approximate surface area is 183 Å². The van der Waals surface area contributed by atoms with E-state index in [1.54, 1.807) is 55.5 Å². The quantitative estimate of drug-likeness (QED) is 0.366. The molecule has 0 atom stereocenters. The SMILES string of the molecule is CCCCCCCOc1ccc(C(=O)NNC(=O)c2ccc(NC(=O)CC)cc2)cc1. The molecule has 0 saturated carbocycles. The molecule has 2 aromatic carbocycles. The van der Waals surface area contributed by atoms with Crippen molar-refractivity contribution in [2.45, 2.75) is 52.4 Å². The van der Waals surface area contributed by atoms with Crippen LogP contribution >= 0.6 is 0 Å². The predicted molar refractivity (Wildman–Crippen MR) is 121 cm³/mol. The van der Waals surface area contributed by atoms with Crippen molar-refractivity contribution in [1.82, 2.24) is 10.9 Å². The Balaban J connectivity index is 1.76. The molecule has 0 aliphatic heterocycles. The molecule has 31 heavy (non-hydrogen) atoms. The van der Waals surface area contributed by atoms with E-state index in [-0.39, 0.29) is 5.91 Å². The number of hydrogen-bond acceptors (Lipinski definition) is 4. The minimum absolute atomic E-state index is 0.104. The molecular weight excluding hydrogens is 394 g/mol. The molecule has 2 rings (SSSR count). The molecule has 0 heterocycles. The van der Waals surface area contributed by atoms with E-state index in [9.17, 15) is 14.4 Å². The number of hydrazine groups is 1. The summed E-state index contributed by atoms with van der Waals surface area (Å²) in [6.07, 6.45) is 6.24. The molecule has 0 fully saturated rings. The van der Waals surface area contributed by atoms with Crippen LogP contribution in [0.5, 0.6) is 5.75 Å². The largest absolute Gasteiger partial charge is 0.494 e. The molecule has 7 heteroatoms. The van der Waals surface area contributed by atoms with Gasteiger partial charge in [0, 0.05) is 23.2 Å². The van der Waals surface area contributed by atoms with Crippen molar-refractivity contribution >= 4 is 23.4 Å². The van der Waals surface area contributed by atoms with Gasteiger partial charge in [-0.25, -0.2) is 0 Å². The van der Waals surface area contributed by atoms with Gasteiger partial charge in [0.1, 0.15) is 5.75 Å². The summed E-state index contributed by atoms with van der Waals surface area (Å²) >= 11 is 0. The van der Waals surface area contributed by atoms with Crippen molar-refractivity contribution < 1.29 is 19.1 Å². The van der Waals surface area contributed by atoms with E-state index < -0.39 is 11.8 Å². The van der Waals surface area contributed by atoms with Gasteiger partial charge in [0.2, 0.25) is 5.91 Å². The van der Waals surface area contributed by atoms with Crippen molar-refractivity contribution in [2.75, 3.05) is 11.9 Å². The fraction of sp³-hybridized carbons (Fsp3) is 0.375. The zero-order chi connectivity index (χ0) is 22.5. The maximum atomic E-state index is 12.2. The van der Waals surface area contributed by atoms with Crippen LogP contribution in [0.2, 0.25) is 0 Å². The second kappa shape index (κ2) is 13.1. The van der Waals surface area contributed by atoms with Gasteiger partial charge in [-0.2, -0.15) is 0 Å². The van der Waals surface area contributed by atoms with Crippen LogP contribution in [0.4, 0.5) is 5.69 Å². The standard InChI is InChI=1S/C24H31N3O4/c1-3-5-6-7-8-17-31-21-15-11-19(12-16-21)24(30)27-26-23(29)18-9-13-20(14-10-18)25-22(28)4-2/h9-16H,3-8,17H2,1-2H3,(H,25,28)(H,26,29)(H,27,30). The Morgan fingerprint density at radius 1 is 0.742 bits per heavy atom. The number of unbranched alkanes of at least 4 members (excludes halogenated alkanes) is 4. The van der Waals surface area contributed by atoms with Crippen molar-refractivity contribution in [3.05, 3.63) is 59.7 Å². The van der Waals surface area contributed by atoms with Crippen LogP contribution < -0.4 is 20.9 Å². The van der Waals surface area contributed by atoms with Gasteiger partial charge in [-0.1, -0.05) is 39.5 Å². The predicted octanol–water partition coefficient (Wildman–Crippen LogP) is 4.46. The first-order valence-electron chi connectivity index (χ1n) is 10.8. The van der Waals surface area contributed by atoms with Crippen molar-refractivity contribution in [2.24, 2.45) is 0 Å². The number of ether oxygens (including phenoxy) is 1. The summed E-state index contributed by atoms with van der Waals surface area (Å²) in [5.41, 5.74) is 6.16. The third-order valence-electron chi connectivity index (χ3n) is 4.67. The number of hydrogen-bond donors (Lipinski definition) is 3. The van der Waals surface area contributed by atoms with E-state index in [2.05, 4.69) is 23.1 Å². The number of carbonyl (C=O) groups is 3. The average molecular weight is 426 g/mol. The highest BCUT2D eigenvalue weighted by Gasteiger charge is 2.10. The minimum Gasteiger partial charge on any atom is -0.494 e. The third-order valence-corrected chi connectivity index (χ3v) is 4.67. The van der Waals surface area contributed by atoms with Crippen LogP contribution in [0.3, 0.4) is 0 Å². The molecule has 0 bridgehead atoms. The average Bonchev–Trinajstić information content (AvgIpc) is 2.80. The monoisotopic (exact) mass is 425 g/mol. The maximum absolute atomic E-state index is 12.2.